The van der Waals surface area contributed by atoms with Crippen molar-refractivity contribution in [2.75, 3.05) is 26.0 Å². The largest absolute Gasteiger partial charge is 0.357 e. The number of halogens is 1. The molecule has 2 aromatic rings. The number of hydrazine groups is 1. The van der Waals surface area contributed by atoms with Gasteiger partial charge in [0.2, 0.25) is 11.9 Å². The third-order valence-corrected chi connectivity index (χ3v) is 4.23. The normalized spacial score (nSPS) is 19.6. The van der Waals surface area contributed by atoms with Crippen LogP contribution < -0.4 is 16.2 Å². The Morgan fingerprint density at radius 2 is 2.16 bits per heavy atom. The Balaban J connectivity index is 1.69. The van der Waals surface area contributed by atoms with Crippen LogP contribution in [0.1, 0.15) is 17.2 Å². The van der Waals surface area contributed by atoms with Crippen molar-refractivity contribution in [1.82, 2.24) is 25.7 Å². The van der Waals surface area contributed by atoms with Gasteiger partial charge in [-0.15, -0.1) is 0 Å². The number of hydrogen-bond acceptors (Lipinski definition) is 6. The zero-order chi connectivity index (χ0) is 17.8. The molecule has 1 aromatic carbocycles. The van der Waals surface area contributed by atoms with E-state index in [1.807, 2.05) is 6.07 Å². The van der Waals surface area contributed by atoms with Crippen molar-refractivity contribution in [3.63, 3.8) is 0 Å². The number of hydrogen-bond donors (Lipinski definition) is 3. The quantitative estimate of drug-likeness (QED) is 0.753. The molecule has 1 fully saturated rings. The number of nitrogens with one attached hydrogen (secondary N) is 3. The summed E-state index contributed by atoms with van der Waals surface area (Å²) < 4.78 is 13.5. The van der Waals surface area contributed by atoms with Crippen LogP contribution in [0, 0.1) is 11.7 Å². The molecule has 0 bridgehead atoms. The smallest absolute Gasteiger partial charge is 0.229 e. The van der Waals surface area contributed by atoms with E-state index in [-0.39, 0.29) is 23.7 Å². The lowest BCUT2D eigenvalue weighted by atomic mass is 9.93. The molecule has 7 nitrogen and oxygen atoms in total. The number of carbonyl (C=O) groups is 1. The molecule has 0 radical (unpaired) electrons. The highest BCUT2D eigenvalue weighted by Gasteiger charge is 2.35. The Morgan fingerprint density at radius 1 is 1.40 bits per heavy atom. The minimum absolute atomic E-state index is 0.0237. The minimum Gasteiger partial charge on any atom is -0.357 e. The zero-order valence-electron chi connectivity index (χ0n) is 14.2. The SMILES string of the molecule is CNc1ncc(CN(C)C(=O)C2CNNC2c2cccc(F)c2)cn1. The fourth-order valence-corrected chi connectivity index (χ4v) is 2.94. The lowest BCUT2D eigenvalue weighted by molar-refractivity contribution is -0.134. The molecule has 1 aliphatic rings. The van der Waals surface area contributed by atoms with Gasteiger partial charge in [0.1, 0.15) is 5.82 Å². The van der Waals surface area contributed by atoms with Crippen LogP contribution >= 0.6 is 0 Å². The van der Waals surface area contributed by atoms with Crippen LogP contribution in [0.4, 0.5) is 10.3 Å². The van der Waals surface area contributed by atoms with Gasteiger partial charge in [-0.1, -0.05) is 12.1 Å². The molecule has 3 N–H and O–H groups in total. The second-order valence-electron chi connectivity index (χ2n) is 6.02. The van der Waals surface area contributed by atoms with Gasteiger partial charge >= 0.3 is 0 Å². The number of aromatic nitrogens is 2. The van der Waals surface area contributed by atoms with Crippen LogP contribution in [-0.4, -0.2) is 41.4 Å². The Hall–Kier alpha value is -2.58. The fraction of sp³-hybridized carbons (Fsp3) is 0.353. The van der Waals surface area contributed by atoms with E-state index in [1.165, 1.54) is 12.1 Å². The molecule has 2 atom stereocenters. The standard InChI is InChI=1S/C17H21FN6O/c1-19-17-20-7-11(8-21-17)10-24(2)16(25)14-9-22-23-15(14)12-4-3-5-13(18)6-12/h3-8,14-15,22-23H,9-10H2,1-2H3,(H,19,20,21). The van der Waals surface area contributed by atoms with E-state index in [4.69, 9.17) is 0 Å². The Labute approximate surface area is 145 Å². The predicted molar refractivity (Wildman–Crippen MR) is 91.8 cm³/mol. The van der Waals surface area contributed by atoms with Crippen molar-refractivity contribution >= 4 is 11.9 Å². The van der Waals surface area contributed by atoms with Gasteiger partial charge in [-0.2, -0.15) is 0 Å². The number of rotatable bonds is 5. The fourth-order valence-electron chi connectivity index (χ4n) is 2.94. The van der Waals surface area contributed by atoms with Crippen molar-refractivity contribution in [3.05, 3.63) is 53.6 Å². The van der Waals surface area contributed by atoms with E-state index in [2.05, 4.69) is 26.1 Å². The minimum atomic E-state index is -0.315. The molecule has 132 valence electrons. The first-order valence-corrected chi connectivity index (χ1v) is 8.06. The first-order valence-electron chi connectivity index (χ1n) is 8.06. The first kappa shape index (κ1) is 17.2. The maximum atomic E-state index is 13.5. The van der Waals surface area contributed by atoms with Crippen LogP contribution in [0.2, 0.25) is 0 Å². The van der Waals surface area contributed by atoms with Crippen molar-refractivity contribution in [2.24, 2.45) is 5.92 Å². The van der Waals surface area contributed by atoms with E-state index < -0.39 is 0 Å². The van der Waals surface area contributed by atoms with Gasteiger partial charge < -0.3 is 10.2 Å². The molecule has 0 spiro atoms. The number of carbonyl (C=O) groups excluding carboxylic acids is 1. The lowest BCUT2D eigenvalue weighted by Crippen LogP contribution is -2.36. The topological polar surface area (TPSA) is 82.2 Å². The van der Waals surface area contributed by atoms with E-state index in [1.54, 1.807) is 37.5 Å². The summed E-state index contributed by atoms with van der Waals surface area (Å²) in [5.41, 5.74) is 7.66. The molecular formula is C17H21FN6O. The summed E-state index contributed by atoms with van der Waals surface area (Å²) in [6, 6.07) is 6.04. The molecular weight excluding hydrogens is 323 g/mol. The monoisotopic (exact) mass is 344 g/mol. The molecule has 2 heterocycles. The average Bonchev–Trinajstić information content (AvgIpc) is 3.11. The Morgan fingerprint density at radius 3 is 2.84 bits per heavy atom. The molecule has 25 heavy (non-hydrogen) atoms. The van der Waals surface area contributed by atoms with Crippen molar-refractivity contribution in [2.45, 2.75) is 12.6 Å². The maximum Gasteiger partial charge on any atom is 0.229 e. The van der Waals surface area contributed by atoms with E-state index in [0.717, 1.165) is 11.1 Å². The third kappa shape index (κ3) is 3.92. The van der Waals surface area contributed by atoms with Gasteiger partial charge in [-0.25, -0.2) is 19.8 Å². The number of benzene rings is 1. The highest BCUT2D eigenvalue weighted by atomic mass is 19.1. The van der Waals surface area contributed by atoms with Gasteiger partial charge in [0, 0.05) is 45.1 Å². The molecule has 0 aliphatic carbocycles. The summed E-state index contributed by atoms with van der Waals surface area (Å²) in [4.78, 5) is 22.8. The highest BCUT2D eigenvalue weighted by molar-refractivity contribution is 5.80. The molecule has 1 amide bonds. The molecule has 8 heteroatoms. The molecule has 0 saturated carbocycles. The average molecular weight is 344 g/mol. The maximum absolute atomic E-state index is 13.5. The van der Waals surface area contributed by atoms with Crippen LogP contribution in [-0.2, 0) is 11.3 Å². The lowest BCUT2D eigenvalue weighted by Gasteiger charge is -2.24. The summed E-state index contributed by atoms with van der Waals surface area (Å²) in [5, 5.41) is 2.85. The summed E-state index contributed by atoms with van der Waals surface area (Å²) in [6.07, 6.45) is 3.38. The van der Waals surface area contributed by atoms with Gasteiger partial charge in [0.05, 0.1) is 12.0 Å². The Kier molecular flexibility index (Phi) is 5.20. The number of anilines is 1. The molecule has 3 rings (SSSR count). The zero-order valence-corrected chi connectivity index (χ0v) is 14.2. The van der Waals surface area contributed by atoms with E-state index in [0.29, 0.717) is 19.0 Å². The predicted octanol–water partition coefficient (Wildman–Crippen LogP) is 1.08. The first-order chi connectivity index (χ1) is 12.1. The van der Waals surface area contributed by atoms with Crippen LogP contribution in [0.5, 0.6) is 0 Å². The third-order valence-electron chi connectivity index (χ3n) is 4.23. The van der Waals surface area contributed by atoms with Crippen LogP contribution in [0.15, 0.2) is 36.7 Å². The second-order valence-corrected chi connectivity index (χ2v) is 6.02. The Bertz CT molecular complexity index is 738. The van der Waals surface area contributed by atoms with Crippen LogP contribution in [0.25, 0.3) is 0 Å². The van der Waals surface area contributed by atoms with Crippen molar-refractivity contribution < 1.29 is 9.18 Å². The second kappa shape index (κ2) is 7.54. The number of amides is 1. The summed E-state index contributed by atoms with van der Waals surface area (Å²) >= 11 is 0. The van der Waals surface area contributed by atoms with E-state index in [9.17, 15) is 9.18 Å². The van der Waals surface area contributed by atoms with E-state index >= 15 is 0 Å². The van der Waals surface area contributed by atoms with Gasteiger partial charge in [0.15, 0.2) is 0 Å². The summed E-state index contributed by atoms with van der Waals surface area (Å²) in [7, 11) is 3.49. The van der Waals surface area contributed by atoms with Gasteiger partial charge in [0.25, 0.3) is 0 Å². The van der Waals surface area contributed by atoms with Gasteiger partial charge in [-0.3, -0.25) is 10.2 Å². The molecule has 2 unspecified atom stereocenters. The molecule has 1 aromatic heterocycles. The van der Waals surface area contributed by atoms with Crippen LogP contribution in [0.3, 0.4) is 0 Å². The van der Waals surface area contributed by atoms with Gasteiger partial charge in [-0.05, 0) is 17.7 Å². The number of nitrogens with zero attached hydrogens (tertiary/aromatic N) is 3. The van der Waals surface area contributed by atoms with Crippen molar-refractivity contribution in [3.8, 4) is 0 Å². The summed E-state index contributed by atoms with van der Waals surface area (Å²) in [6.45, 7) is 0.898. The highest BCUT2D eigenvalue weighted by Crippen LogP contribution is 2.27. The molecule has 1 saturated heterocycles. The van der Waals surface area contributed by atoms with Crippen molar-refractivity contribution in [1.29, 1.82) is 0 Å². The summed E-state index contributed by atoms with van der Waals surface area (Å²) in [5.74, 6) is -0.116. The molecule has 1 aliphatic heterocycles.